The van der Waals surface area contributed by atoms with Crippen LogP contribution in [0.1, 0.15) is 12.2 Å². The largest absolute Gasteiger partial charge is 0.480 e. The predicted molar refractivity (Wildman–Crippen MR) is 61.0 cm³/mol. The number of aliphatic carboxylic acids is 1. The van der Waals surface area contributed by atoms with Crippen LogP contribution < -0.4 is 0 Å². The molecule has 0 bridgehead atoms. The minimum absolute atomic E-state index is 0.0574. The zero-order valence-corrected chi connectivity index (χ0v) is 9.87. The third kappa shape index (κ3) is 2.89. The van der Waals surface area contributed by atoms with Crippen molar-refractivity contribution in [3.05, 3.63) is 24.2 Å². The summed E-state index contributed by atoms with van der Waals surface area (Å²) in [6.07, 6.45) is 2.28. The van der Waals surface area contributed by atoms with E-state index in [1.807, 2.05) is 0 Å². The molecule has 2 heterocycles. The Morgan fingerprint density at radius 2 is 2.33 bits per heavy atom. The lowest BCUT2D eigenvalue weighted by Crippen LogP contribution is -2.52. The molecule has 2 rings (SSSR count). The first-order valence-electron chi connectivity index (χ1n) is 5.81. The van der Waals surface area contributed by atoms with Crippen molar-refractivity contribution in [1.29, 1.82) is 0 Å². The minimum atomic E-state index is -1.03. The van der Waals surface area contributed by atoms with Crippen molar-refractivity contribution in [1.82, 2.24) is 4.90 Å². The van der Waals surface area contributed by atoms with Crippen LogP contribution >= 0.6 is 0 Å². The number of carbonyl (C=O) groups excluding carboxylic acids is 1. The summed E-state index contributed by atoms with van der Waals surface area (Å²) in [5.41, 5.74) is 0. The van der Waals surface area contributed by atoms with Crippen LogP contribution in [0.25, 0.3) is 0 Å². The molecular weight excluding hydrogens is 238 g/mol. The fraction of sp³-hybridized carbons (Fsp3) is 0.500. The maximum atomic E-state index is 12.0. The summed E-state index contributed by atoms with van der Waals surface area (Å²) in [6.45, 7) is 0.770. The van der Waals surface area contributed by atoms with Crippen LogP contribution in [0.2, 0.25) is 0 Å². The molecule has 1 aromatic rings. The standard InChI is InChI=1S/C12H15NO5/c14-11(4-3-9-2-1-6-18-9)13-5-7-17-8-10(13)12(15)16/h1-2,6,10H,3-5,7-8H2,(H,15,16). The van der Waals surface area contributed by atoms with E-state index < -0.39 is 12.0 Å². The number of rotatable bonds is 4. The zero-order valence-electron chi connectivity index (χ0n) is 9.87. The third-order valence-electron chi connectivity index (χ3n) is 2.90. The number of hydrogen-bond donors (Lipinski definition) is 1. The van der Waals surface area contributed by atoms with Crippen molar-refractivity contribution >= 4 is 11.9 Å². The van der Waals surface area contributed by atoms with Crippen LogP contribution in [-0.4, -0.2) is 47.7 Å². The number of ether oxygens (including phenoxy) is 1. The Morgan fingerprint density at radius 1 is 1.50 bits per heavy atom. The van der Waals surface area contributed by atoms with E-state index in [-0.39, 0.29) is 18.9 Å². The molecule has 1 atom stereocenters. The topological polar surface area (TPSA) is 80.0 Å². The van der Waals surface area contributed by atoms with E-state index in [1.165, 1.54) is 4.90 Å². The quantitative estimate of drug-likeness (QED) is 0.846. The van der Waals surface area contributed by atoms with Gasteiger partial charge in [0, 0.05) is 19.4 Å². The molecule has 1 unspecified atom stereocenters. The van der Waals surface area contributed by atoms with Crippen molar-refractivity contribution in [2.45, 2.75) is 18.9 Å². The lowest BCUT2D eigenvalue weighted by Gasteiger charge is -2.32. The van der Waals surface area contributed by atoms with Gasteiger partial charge in [0.05, 0.1) is 19.5 Å². The summed E-state index contributed by atoms with van der Waals surface area (Å²) < 4.78 is 10.2. The first kappa shape index (κ1) is 12.6. The Kier molecular flexibility index (Phi) is 3.99. The molecule has 1 aliphatic heterocycles. The van der Waals surface area contributed by atoms with E-state index in [2.05, 4.69) is 0 Å². The number of aryl methyl sites for hydroxylation is 1. The zero-order chi connectivity index (χ0) is 13.0. The Labute approximate surface area is 104 Å². The highest BCUT2D eigenvalue weighted by molar-refractivity contribution is 5.84. The fourth-order valence-corrected chi connectivity index (χ4v) is 1.94. The first-order chi connectivity index (χ1) is 8.68. The van der Waals surface area contributed by atoms with E-state index in [0.717, 1.165) is 5.76 Å². The molecule has 18 heavy (non-hydrogen) atoms. The van der Waals surface area contributed by atoms with Gasteiger partial charge in [-0.25, -0.2) is 4.79 Å². The third-order valence-corrected chi connectivity index (χ3v) is 2.90. The van der Waals surface area contributed by atoms with Gasteiger partial charge in [-0.15, -0.1) is 0 Å². The van der Waals surface area contributed by atoms with Gasteiger partial charge in [0.15, 0.2) is 6.04 Å². The second-order valence-electron chi connectivity index (χ2n) is 4.10. The number of carboxylic acid groups (broad SMARTS) is 1. The van der Waals surface area contributed by atoms with Crippen LogP contribution in [0.15, 0.2) is 22.8 Å². The normalized spacial score (nSPS) is 19.8. The summed E-state index contributed by atoms with van der Waals surface area (Å²) in [5.74, 6) is -0.480. The van der Waals surface area contributed by atoms with E-state index in [0.29, 0.717) is 19.6 Å². The van der Waals surface area contributed by atoms with E-state index >= 15 is 0 Å². The van der Waals surface area contributed by atoms with Gasteiger partial charge in [-0.05, 0) is 12.1 Å². The van der Waals surface area contributed by atoms with Gasteiger partial charge in [0.1, 0.15) is 5.76 Å². The molecule has 0 aliphatic carbocycles. The van der Waals surface area contributed by atoms with E-state index in [4.69, 9.17) is 14.3 Å². The molecule has 0 aromatic carbocycles. The summed E-state index contributed by atoms with van der Waals surface area (Å²) in [7, 11) is 0. The molecule has 1 aliphatic rings. The second-order valence-corrected chi connectivity index (χ2v) is 4.10. The molecule has 1 aromatic heterocycles. The lowest BCUT2D eigenvalue weighted by atomic mass is 10.1. The monoisotopic (exact) mass is 253 g/mol. The molecule has 1 N–H and O–H groups in total. The Bertz CT molecular complexity index is 414. The molecule has 98 valence electrons. The Hall–Kier alpha value is -1.82. The van der Waals surface area contributed by atoms with Gasteiger partial charge in [-0.3, -0.25) is 4.79 Å². The SMILES string of the molecule is O=C(O)C1COCCN1C(=O)CCc1ccco1. The van der Waals surface area contributed by atoms with Crippen LogP contribution in [0.4, 0.5) is 0 Å². The number of furan rings is 1. The number of hydrogen-bond acceptors (Lipinski definition) is 4. The molecule has 0 radical (unpaired) electrons. The van der Waals surface area contributed by atoms with E-state index in [1.54, 1.807) is 18.4 Å². The number of carbonyl (C=O) groups is 2. The summed E-state index contributed by atoms with van der Waals surface area (Å²) in [6, 6.07) is 2.68. The van der Waals surface area contributed by atoms with Gasteiger partial charge < -0.3 is 19.2 Å². The van der Waals surface area contributed by atoms with Crippen LogP contribution in [0.3, 0.4) is 0 Å². The highest BCUT2D eigenvalue weighted by atomic mass is 16.5. The fourth-order valence-electron chi connectivity index (χ4n) is 1.94. The highest BCUT2D eigenvalue weighted by Gasteiger charge is 2.32. The maximum absolute atomic E-state index is 12.0. The first-order valence-corrected chi connectivity index (χ1v) is 5.81. The molecule has 6 heteroatoms. The second kappa shape index (κ2) is 5.68. The molecule has 1 amide bonds. The van der Waals surface area contributed by atoms with Crippen molar-refractivity contribution in [2.75, 3.05) is 19.8 Å². The average molecular weight is 253 g/mol. The van der Waals surface area contributed by atoms with Gasteiger partial charge in [-0.1, -0.05) is 0 Å². The van der Waals surface area contributed by atoms with Gasteiger partial charge in [0.2, 0.25) is 5.91 Å². The van der Waals surface area contributed by atoms with Crippen molar-refractivity contribution in [2.24, 2.45) is 0 Å². The molecule has 1 fully saturated rings. The minimum Gasteiger partial charge on any atom is -0.480 e. The van der Waals surface area contributed by atoms with Crippen LogP contribution in [-0.2, 0) is 20.7 Å². The van der Waals surface area contributed by atoms with Crippen LogP contribution in [0.5, 0.6) is 0 Å². The Balaban J connectivity index is 1.92. The van der Waals surface area contributed by atoms with Gasteiger partial charge in [-0.2, -0.15) is 0 Å². The number of amides is 1. The van der Waals surface area contributed by atoms with Gasteiger partial charge >= 0.3 is 5.97 Å². The van der Waals surface area contributed by atoms with Gasteiger partial charge in [0.25, 0.3) is 0 Å². The number of morpholine rings is 1. The average Bonchev–Trinajstić information content (AvgIpc) is 2.89. The molecule has 0 saturated carbocycles. The van der Waals surface area contributed by atoms with Crippen LogP contribution in [0, 0.1) is 0 Å². The molecule has 1 saturated heterocycles. The highest BCUT2D eigenvalue weighted by Crippen LogP contribution is 2.11. The van der Waals surface area contributed by atoms with Crippen molar-refractivity contribution in [3.8, 4) is 0 Å². The smallest absolute Gasteiger partial charge is 0.328 e. The number of carboxylic acids is 1. The maximum Gasteiger partial charge on any atom is 0.328 e. The molecular formula is C12H15NO5. The summed E-state index contributed by atoms with van der Waals surface area (Å²) in [4.78, 5) is 24.4. The predicted octanol–water partition coefficient (Wildman–Crippen LogP) is 0.524. The van der Waals surface area contributed by atoms with E-state index in [9.17, 15) is 9.59 Å². The van der Waals surface area contributed by atoms with Crippen molar-refractivity contribution in [3.63, 3.8) is 0 Å². The molecule has 6 nitrogen and oxygen atoms in total. The van der Waals surface area contributed by atoms with Crippen molar-refractivity contribution < 1.29 is 23.8 Å². The molecule has 0 spiro atoms. The summed E-state index contributed by atoms with van der Waals surface area (Å²) >= 11 is 0. The lowest BCUT2D eigenvalue weighted by molar-refractivity contribution is -0.158. The summed E-state index contributed by atoms with van der Waals surface area (Å²) in [5, 5.41) is 9.02. The number of nitrogens with zero attached hydrogens (tertiary/aromatic N) is 1. The Morgan fingerprint density at radius 3 is 3.00 bits per heavy atom.